The number of hydrogen-bond acceptors (Lipinski definition) is 4. The van der Waals surface area contributed by atoms with Crippen LogP contribution in [-0.4, -0.2) is 22.6 Å². The van der Waals surface area contributed by atoms with Gasteiger partial charge in [0.05, 0.1) is 5.57 Å². The van der Waals surface area contributed by atoms with E-state index < -0.39 is 17.5 Å². The number of carbonyl (C=O) groups is 2. The lowest BCUT2D eigenvalue weighted by Gasteiger charge is -2.19. The molecule has 0 fully saturated rings. The third kappa shape index (κ3) is 3.93. The SMILES string of the molecule is CC(C(=O)O)=C(N)C(=O)OC(C)(C)C. The zero-order valence-corrected chi connectivity index (χ0v) is 8.75. The van der Waals surface area contributed by atoms with E-state index in [0.29, 0.717) is 0 Å². The van der Waals surface area contributed by atoms with Gasteiger partial charge in [0.15, 0.2) is 0 Å². The lowest BCUT2D eigenvalue weighted by molar-refractivity contribution is -0.150. The molecule has 0 spiro atoms. The van der Waals surface area contributed by atoms with Crippen molar-refractivity contribution >= 4 is 11.9 Å². The van der Waals surface area contributed by atoms with Crippen LogP contribution in [0.1, 0.15) is 27.7 Å². The Labute approximate surface area is 82.5 Å². The van der Waals surface area contributed by atoms with E-state index in [9.17, 15) is 9.59 Å². The highest BCUT2D eigenvalue weighted by Crippen LogP contribution is 2.10. The molecule has 0 aliphatic heterocycles. The summed E-state index contributed by atoms with van der Waals surface area (Å²) in [6.07, 6.45) is 0. The minimum atomic E-state index is -1.23. The number of esters is 1. The molecule has 0 atom stereocenters. The van der Waals surface area contributed by atoms with Crippen molar-refractivity contribution in [1.29, 1.82) is 0 Å². The van der Waals surface area contributed by atoms with E-state index in [1.807, 2.05) is 0 Å². The van der Waals surface area contributed by atoms with Crippen LogP contribution in [0, 0.1) is 0 Å². The maximum Gasteiger partial charge on any atom is 0.355 e. The maximum atomic E-state index is 11.2. The Morgan fingerprint density at radius 3 is 2.00 bits per heavy atom. The standard InChI is InChI=1S/C9H15NO4/c1-5(7(11)12)6(10)8(13)14-9(2,3)4/h10H2,1-4H3,(H,11,12). The van der Waals surface area contributed by atoms with Crippen LogP contribution in [-0.2, 0) is 14.3 Å². The summed E-state index contributed by atoms with van der Waals surface area (Å²) in [5.41, 5.74) is 4.04. The third-order valence-electron chi connectivity index (χ3n) is 1.34. The summed E-state index contributed by atoms with van der Waals surface area (Å²) in [6, 6.07) is 0. The largest absolute Gasteiger partial charge is 0.478 e. The highest BCUT2D eigenvalue weighted by molar-refractivity contribution is 5.98. The monoisotopic (exact) mass is 201 g/mol. The number of carboxylic acid groups (broad SMARTS) is 1. The summed E-state index contributed by atoms with van der Waals surface area (Å²) < 4.78 is 4.89. The van der Waals surface area contributed by atoms with E-state index in [2.05, 4.69) is 0 Å². The fourth-order valence-corrected chi connectivity index (χ4v) is 0.601. The molecule has 0 aromatic carbocycles. The highest BCUT2D eigenvalue weighted by atomic mass is 16.6. The Morgan fingerprint density at radius 1 is 1.29 bits per heavy atom. The van der Waals surface area contributed by atoms with E-state index in [-0.39, 0.29) is 11.3 Å². The second-order valence-electron chi connectivity index (χ2n) is 3.85. The van der Waals surface area contributed by atoms with Gasteiger partial charge in [0.2, 0.25) is 0 Å². The third-order valence-corrected chi connectivity index (χ3v) is 1.34. The lowest BCUT2D eigenvalue weighted by atomic mass is 10.2. The van der Waals surface area contributed by atoms with Gasteiger partial charge in [0, 0.05) is 0 Å². The predicted octanol–water partition coefficient (Wildman–Crippen LogP) is 0.645. The normalized spacial score (nSPS) is 13.1. The van der Waals surface area contributed by atoms with Crippen molar-refractivity contribution in [2.24, 2.45) is 5.73 Å². The van der Waals surface area contributed by atoms with Crippen LogP contribution in [0.2, 0.25) is 0 Å². The zero-order valence-electron chi connectivity index (χ0n) is 8.75. The first-order valence-electron chi connectivity index (χ1n) is 4.08. The van der Waals surface area contributed by atoms with Gasteiger partial charge in [-0.05, 0) is 27.7 Å². The van der Waals surface area contributed by atoms with Crippen molar-refractivity contribution in [1.82, 2.24) is 0 Å². The Kier molecular flexibility index (Phi) is 3.68. The summed E-state index contributed by atoms with van der Waals surface area (Å²) in [6.45, 7) is 6.28. The van der Waals surface area contributed by atoms with Gasteiger partial charge in [-0.15, -0.1) is 0 Å². The van der Waals surface area contributed by atoms with Crippen LogP contribution in [0.5, 0.6) is 0 Å². The highest BCUT2D eigenvalue weighted by Gasteiger charge is 2.21. The number of ether oxygens (including phenoxy) is 1. The molecule has 0 aromatic heterocycles. The van der Waals surface area contributed by atoms with Gasteiger partial charge in [-0.1, -0.05) is 0 Å². The number of carboxylic acids is 1. The molecule has 0 heterocycles. The van der Waals surface area contributed by atoms with Crippen molar-refractivity contribution < 1.29 is 19.4 Å². The van der Waals surface area contributed by atoms with Crippen LogP contribution in [0.15, 0.2) is 11.3 Å². The average Bonchev–Trinajstić information content (AvgIpc) is 1.98. The molecule has 0 aliphatic rings. The molecule has 3 N–H and O–H groups in total. The van der Waals surface area contributed by atoms with Crippen molar-refractivity contribution in [2.75, 3.05) is 0 Å². The van der Waals surface area contributed by atoms with Crippen molar-refractivity contribution in [3.05, 3.63) is 11.3 Å². The quantitative estimate of drug-likeness (QED) is 0.505. The molecule has 5 heteroatoms. The number of rotatable bonds is 2. The minimum absolute atomic E-state index is 0.209. The van der Waals surface area contributed by atoms with Gasteiger partial charge < -0.3 is 15.6 Å². The number of hydrogen-bond donors (Lipinski definition) is 2. The molecular weight excluding hydrogens is 186 g/mol. The number of carbonyl (C=O) groups excluding carboxylic acids is 1. The van der Waals surface area contributed by atoms with Crippen LogP contribution in [0.3, 0.4) is 0 Å². The Hall–Kier alpha value is -1.52. The summed E-state index contributed by atoms with van der Waals surface area (Å²) in [5.74, 6) is -2.04. The molecule has 80 valence electrons. The smallest absolute Gasteiger partial charge is 0.355 e. The Bertz CT molecular complexity index is 286. The predicted molar refractivity (Wildman–Crippen MR) is 50.4 cm³/mol. The molecule has 14 heavy (non-hydrogen) atoms. The minimum Gasteiger partial charge on any atom is -0.478 e. The van der Waals surface area contributed by atoms with Gasteiger partial charge in [-0.2, -0.15) is 0 Å². The zero-order chi connectivity index (χ0) is 11.5. The van der Waals surface area contributed by atoms with Crippen LogP contribution < -0.4 is 5.73 Å². The van der Waals surface area contributed by atoms with Crippen LogP contribution in [0.25, 0.3) is 0 Å². The number of aliphatic carboxylic acids is 1. The van der Waals surface area contributed by atoms with Gasteiger partial charge in [0.1, 0.15) is 11.3 Å². The molecule has 5 nitrogen and oxygen atoms in total. The second kappa shape index (κ2) is 4.13. The first-order chi connectivity index (χ1) is 6.15. The molecule has 0 radical (unpaired) electrons. The molecule has 0 rings (SSSR count). The molecule has 0 amide bonds. The Morgan fingerprint density at radius 2 is 1.71 bits per heavy atom. The van der Waals surface area contributed by atoms with Crippen molar-refractivity contribution in [3.63, 3.8) is 0 Å². The van der Waals surface area contributed by atoms with E-state index in [0.717, 1.165) is 0 Å². The van der Waals surface area contributed by atoms with Gasteiger partial charge in [-0.3, -0.25) is 0 Å². The lowest BCUT2D eigenvalue weighted by Crippen LogP contribution is -2.28. The van der Waals surface area contributed by atoms with Gasteiger partial charge in [-0.25, -0.2) is 9.59 Å². The molecule has 0 aliphatic carbocycles. The second-order valence-corrected chi connectivity index (χ2v) is 3.85. The molecule has 0 saturated heterocycles. The summed E-state index contributed by atoms with van der Waals surface area (Å²) in [7, 11) is 0. The van der Waals surface area contributed by atoms with E-state index in [4.69, 9.17) is 15.6 Å². The van der Waals surface area contributed by atoms with E-state index >= 15 is 0 Å². The molecule has 0 aromatic rings. The molecular formula is C9H15NO4. The van der Waals surface area contributed by atoms with Gasteiger partial charge >= 0.3 is 11.9 Å². The van der Waals surface area contributed by atoms with Crippen LogP contribution in [0.4, 0.5) is 0 Å². The van der Waals surface area contributed by atoms with Crippen molar-refractivity contribution in [2.45, 2.75) is 33.3 Å². The maximum absolute atomic E-state index is 11.2. The fraction of sp³-hybridized carbons (Fsp3) is 0.556. The number of nitrogens with two attached hydrogens (primary N) is 1. The first-order valence-corrected chi connectivity index (χ1v) is 4.08. The van der Waals surface area contributed by atoms with E-state index in [1.54, 1.807) is 20.8 Å². The molecule has 0 saturated carbocycles. The Balaban J connectivity index is 4.72. The summed E-state index contributed by atoms with van der Waals surface area (Å²) >= 11 is 0. The first kappa shape index (κ1) is 12.5. The summed E-state index contributed by atoms with van der Waals surface area (Å²) in [4.78, 5) is 21.7. The van der Waals surface area contributed by atoms with Crippen LogP contribution >= 0.6 is 0 Å². The van der Waals surface area contributed by atoms with Gasteiger partial charge in [0.25, 0.3) is 0 Å². The fourth-order valence-electron chi connectivity index (χ4n) is 0.601. The summed E-state index contributed by atoms with van der Waals surface area (Å²) in [5, 5.41) is 8.55. The topological polar surface area (TPSA) is 89.6 Å². The molecule has 0 bridgehead atoms. The van der Waals surface area contributed by atoms with Crippen molar-refractivity contribution in [3.8, 4) is 0 Å². The van der Waals surface area contributed by atoms with E-state index in [1.165, 1.54) is 6.92 Å². The average molecular weight is 201 g/mol. The molecule has 0 unspecified atom stereocenters.